The lowest BCUT2D eigenvalue weighted by Gasteiger charge is -2.37. The molecule has 0 aromatic heterocycles. The van der Waals surface area contributed by atoms with Gasteiger partial charge in [-0.3, -0.25) is 4.90 Å². The van der Waals surface area contributed by atoms with E-state index in [9.17, 15) is 5.11 Å². The molecule has 1 atom stereocenters. The van der Waals surface area contributed by atoms with Crippen LogP contribution in [0, 0.1) is 6.92 Å². The number of piperazine rings is 1. The second-order valence-electron chi connectivity index (χ2n) is 7.15. The van der Waals surface area contributed by atoms with Crippen LogP contribution in [-0.2, 0) is 11.3 Å². The van der Waals surface area contributed by atoms with Crippen molar-refractivity contribution in [2.45, 2.75) is 19.6 Å². The van der Waals surface area contributed by atoms with Crippen molar-refractivity contribution in [1.29, 1.82) is 0 Å². The summed E-state index contributed by atoms with van der Waals surface area (Å²) in [6, 6.07) is 16.5. The third-order valence-electron chi connectivity index (χ3n) is 4.92. The predicted octanol–water partition coefficient (Wildman–Crippen LogP) is 2.70. The van der Waals surface area contributed by atoms with Crippen molar-refractivity contribution >= 4 is 5.69 Å². The van der Waals surface area contributed by atoms with Gasteiger partial charge in [-0.15, -0.1) is 0 Å². The highest BCUT2D eigenvalue weighted by Gasteiger charge is 2.19. The number of hydrogen-bond donors (Lipinski definition) is 1. The van der Waals surface area contributed by atoms with Crippen LogP contribution < -0.4 is 9.64 Å². The Morgan fingerprint density at radius 2 is 1.81 bits per heavy atom. The zero-order valence-electron chi connectivity index (χ0n) is 16.3. The van der Waals surface area contributed by atoms with Crippen LogP contribution in [0.25, 0.3) is 0 Å². The number of β-amino-alcohol motifs (C(OH)–C–C–N with tert-alkyl or cyclic N) is 1. The van der Waals surface area contributed by atoms with Gasteiger partial charge < -0.3 is 19.5 Å². The van der Waals surface area contributed by atoms with Crippen molar-refractivity contribution in [2.24, 2.45) is 0 Å². The van der Waals surface area contributed by atoms with Gasteiger partial charge in [-0.05, 0) is 42.3 Å². The maximum Gasteiger partial charge on any atom is 0.119 e. The number of aliphatic hydroxyl groups excluding tert-OH is 1. The molecule has 5 heteroatoms. The normalized spacial score (nSPS) is 16.3. The molecule has 1 fully saturated rings. The van der Waals surface area contributed by atoms with E-state index in [1.807, 2.05) is 24.3 Å². The van der Waals surface area contributed by atoms with Crippen molar-refractivity contribution in [3.05, 3.63) is 59.7 Å². The average molecular weight is 370 g/mol. The van der Waals surface area contributed by atoms with Crippen LogP contribution in [-0.4, -0.2) is 62.6 Å². The molecule has 1 aliphatic rings. The standard InChI is InChI=1S/C22H30N2O3/c1-18-5-3-7-20(13-18)24-11-9-23(10-12-24)15-21(25)17-27-16-19-6-4-8-22(14-19)26-2/h3-8,13-14,21,25H,9-12,15-17H2,1-2H3. The average Bonchev–Trinajstić information content (AvgIpc) is 2.69. The highest BCUT2D eigenvalue weighted by molar-refractivity contribution is 5.48. The van der Waals surface area contributed by atoms with Gasteiger partial charge in [0.25, 0.3) is 0 Å². The molecule has 1 heterocycles. The summed E-state index contributed by atoms with van der Waals surface area (Å²) < 4.78 is 10.9. The number of nitrogens with zero attached hydrogens (tertiary/aromatic N) is 2. The molecule has 1 N–H and O–H groups in total. The molecule has 1 aliphatic heterocycles. The van der Waals surface area contributed by atoms with Crippen LogP contribution in [0.4, 0.5) is 5.69 Å². The van der Waals surface area contributed by atoms with Crippen molar-refractivity contribution in [3.63, 3.8) is 0 Å². The topological polar surface area (TPSA) is 45.2 Å². The lowest BCUT2D eigenvalue weighted by Crippen LogP contribution is -2.49. The van der Waals surface area contributed by atoms with E-state index in [2.05, 4.69) is 41.0 Å². The van der Waals surface area contributed by atoms with E-state index in [1.54, 1.807) is 7.11 Å². The first-order valence-corrected chi connectivity index (χ1v) is 9.57. The lowest BCUT2D eigenvalue weighted by molar-refractivity contribution is 0.00910. The molecule has 0 spiro atoms. The van der Waals surface area contributed by atoms with Crippen molar-refractivity contribution in [1.82, 2.24) is 4.90 Å². The first-order valence-electron chi connectivity index (χ1n) is 9.57. The Hall–Kier alpha value is -2.08. The zero-order chi connectivity index (χ0) is 19.1. The quantitative estimate of drug-likeness (QED) is 0.774. The highest BCUT2D eigenvalue weighted by atomic mass is 16.5. The Kier molecular flexibility index (Phi) is 7.10. The van der Waals surface area contributed by atoms with Crippen molar-refractivity contribution in [3.8, 4) is 5.75 Å². The number of aliphatic hydroxyl groups is 1. The van der Waals surface area contributed by atoms with Gasteiger partial charge in [0.2, 0.25) is 0 Å². The molecule has 0 bridgehead atoms. The molecule has 0 radical (unpaired) electrons. The number of benzene rings is 2. The van der Waals surface area contributed by atoms with Crippen LogP contribution in [0.3, 0.4) is 0 Å². The Bertz CT molecular complexity index is 714. The summed E-state index contributed by atoms with van der Waals surface area (Å²) in [5.74, 6) is 0.822. The lowest BCUT2D eigenvalue weighted by atomic mass is 10.2. The van der Waals surface area contributed by atoms with Gasteiger partial charge >= 0.3 is 0 Å². The fourth-order valence-electron chi connectivity index (χ4n) is 3.44. The van der Waals surface area contributed by atoms with Crippen molar-refractivity contribution in [2.75, 3.05) is 51.3 Å². The molecule has 3 rings (SSSR count). The molecule has 1 unspecified atom stereocenters. The Labute approximate surface area is 162 Å². The summed E-state index contributed by atoms with van der Waals surface area (Å²) in [6.07, 6.45) is -0.471. The monoisotopic (exact) mass is 370 g/mol. The van der Waals surface area contributed by atoms with Gasteiger partial charge in [0.05, 0.1) is 26.4 Å². The molecule has 27 heavy (non-hydrogen) atoms. The van der Waals surface area contributed by atoms with Gasteiger partial charge in [0.1, 0.15) is 5.75 Å². The summed E-state index contributed by atoms with van der Waals surface area (Å²) in [4.78, 5) is 4.72. The molecule has 2 aromatic carbocycles. The molecular formula is C22H30N2O3. The van der Waals surface area contributed by atoms with E-state index in [0.29, 0.717) is 19.8 Å². The predicted molar refractivity (Wildman–Crippen MR) is 108 cm³/mol. The molecule has 0 amide bonds. The number of hydrogen-bond acceptors (Lipinski definition) is 5. The molecule has 2 aromatic rings. The largest absolute Gasteiger partial charge is 0.497 e. The second kappa shape index (κ2) is 9.74. The van der Waals surface area contributed by atoms with E-state index in [-0.39, 0.29) is 0 Å². The smallest absolute Gasteiger partial charge is 0.119 e. The van der Waals surface area contributed by atoms with E-state index in [1.165, 1.54) is 11.3 Å². The summed E-state index contributed by atoms with van der Waals surface area (Å²) in [5.41, 5.74) is 3.63. The number of aryl methyl sites for hydroxylation is 1. The third kappa shape index (κ3) is 5.96. The van der Waals surface area contributed by atoms with E-state index >= 15 is 0 Å². The fraction of sp³-hybridized carbons (Fsp3) is 0.455. The van der Waals surface area contributed by atoms with Gasteiger partial charge in [-0.25, -0.2) is 0 Å². The second-order valence-corrected chi connectivity index (χ2v) is 7.15. The summed E-state index contributed by atoms with van der Waals surface area (Å²) in [7, 11) is 1.66. The van der Waals surface area contributed by atoms with E-state index in [4.69, 9.17) is 9.47 Å². The van der Waals surface area contributed by atoms with Crippen LogP contribution >= 0.6 is 0 Å². The molecule has 5 nitrogen and oxygen atoms in total. The minimum Gasteiger partial charge on any atom is -0.497 e. The molecule has 146 valence electrons. The molecular weight excluding hydrogens is 340 g/mol. The number of rotatable bonds is 8. The molecule has 0 saturated carbocycles. The third-order valence-corrected chi connectivity index (χ3v) is 4.92. The minimum atomic E-state index is -0.471. The summed E-state index contributed by atoms with van der Waals surface area (Å²) in [5, 5.41) is 10.3. The number of methoxy groups -OCH3 is 1. The van der Waals surface area contributed by atoms with Crippen LogP contribution in [0.2, 0.25) is 0 Å². The zero-order valence-corrected chi connectivity index (χ0v) is 16.3. The van der Waals surface area contributed by atoms with Crippen molar-refractivity contribution < 1.29 is 14.6 Å². The maximum atomic E-state index is 10.3. The first kappa shape index (κ1) is 19.7. The van der Waals surface area contributed by atoms with Crippen LogP contribution in [0.15, 0.2) is 48.5 Å². The number of anilines is 1. The van der Waals surface area contributed by atoms with Gasteiger partial charge in [0.15, 0.2) is 0 Å². The Morgan fingerprint density at radius 3 is 2.56 bits per heavy atom. The van der Waals surface area contributed by atoms with Crippen LogP contribution in [0.1, 0.15) is 11.1 Å². The Morgan fingerprint density at radius 1 is 1.04 bits per heavy atom. The van der Waals surface area contributed by atoms with Gasteiger partial charge in [-0.2, -0.15) is 0 Å². The fourth-order valence-corrected chi connectivity index (χ4v) is 3.44. The summed E-state index contributed by atoms with van der Waals surface area (Å²) >= 11 is 0. The van der Waals surface area contributed by atoms with Gasteiger partial charge in [0, 0.05) is 38.4 Å². The minimum absolute atomic E-state index is 0.343. The highest BCUT2D eigenvalue weighted by Crippen LogP contribution is 2.18. The van der Waals surface area contributed by atoms with Crippen LogP contribution in [0.5, 0.6) is 5.75 Å². The first-order chi connectivity index (χ1) is 13.1. The molecule has 1 saturated heterocycles. The maximum absolute atomic E-state index is 10.3. The van der Waals surface area contributed by atoms with E-state index < -0.39 is 6.10 Å². The van der Waals surface area contributed by atoms with Gasteiger partial charge in [-0.1, -0.05) is 24.3 Å². The number of ether oxygens (including phenoxy) is 2. The molecule has 0 aliphatic carbocycles. The van der Waals surface area contributed by atoms with E-state index in [0.717, 1.165) is 37.5 Å². The SMILES string of the molecule is COc1cccc(COCC(O)CN2CCN(c3cccc(C)c3)CC2)c1. The Balaban J connectivity index is 1.37. The summed E-state index contributed by atoms with van der Waals surface area (Å²) in [6.45, 7) is 7.50.